The molecule has 5 nitrogen and oxygen atoms in total. The van der Waals surface area contributed by atoms with E-state index < -0.39 is 44.0 Å². The average molecular weight is 476 g/mol. The lowest BCUT2D eigenvalue weighted by atomic mass is 9.92. The van der Waals surface area contributed by atoms with Gasteiger partial charge in [0.1, 0.15) is 0 Å². The molecule has 0 N–H and O–H groups in total. The molecule has 0 amide bonds. The van der Waals surface area contributed by atoms with Crippen LogP contribution >= 0.6 is 15.9 Å². The van der Waals surface area contributed by atoms with E-state index in [2.05, 4.69) is 20.1 Å². The molecule has 1 saturated carbocycles. The Morgan fingerprint density at radius 3 is 2.30 bits per heavy atom. The maximum atomic E-state index is 14.6. The molecule has 12 heteroatoms. The zero-order valence-corrected chi connectivity index (χ0v) is 15.9. The third-order valence-electron chi connectivity index (χ3n) is 4.43. The quantitative estimate of drug-likeness (QED) is 0.287. The molecule has 0 aliphatic heterocycles. The minimum atomic E-state index is -6.19. The molecule has 0 unspecified atom stereocenters. The molecule has 0 bridgehead atoms. The molecule has 1 aliphatic carbocycles. The van der Waals surface area contributed by atoms with Gasteiger partial charge < -0.3 is 8.75 Å². The van der Waals surface area contributed by atoms with Gasteiger partial charge in [-0.2, -0.15) is 21.6 Å². The number of alkyl halides is 3. The van der Waals surface area contributed by atoms with Gasteiger partial charge in [-0.1, -0.05) is 0 Å². The van der Waals surface area contributed by atoms with Crippen molar-refractivity contribution in [3.63, 3.8) is 0 Å². The van der Waals surface area contributed by atoms with Gasteiger partial charge in [0.2, 0.25) is 0 Å². The summed E-state index contributed by atoms with van der Waals surface area (Å²) in [6.07, 6.45) is 1.90. The van der Waals surface area contributed by atoms with Gasteiger partial charge in [-0.15, -0.1) is 0 Å². The van der Waals surface area contributed by atoms with Gasteiger partial charge in [0.15, 0.2) is 17.4 Å². The van der Waals surface area contributed by atoms with Crippen molar-refractivity contribution < 1.29 is 34.6 Å². The van der Waals surface area contributed by atoms with Crippen LogP contribution in [0.2, 0.25) is 0 Å². The normalized spacial score (nSPS) is 15.8. The zero-order chi connectivity index (χ0) is 20.3. The zero-order valence-electron chi connectivity index (χ0n) is 13.5. The van der Waals surface area contributed by atoms with Crippen molar-refractivity contribution >= 4 is 37.0 Å². The van der Waals surface area contributed by atoms with E-state index >= 15 is 0 Å². The van der Waals surface area contributed by atoms with Crippen LogP contribution < -0.4 is 9.74 Å². The summed E-state index contributed by atoms with van der Waals surface area (Å²) in [4.78, 5) is 12.5. The number of aromatic nitrogens is 1. The van der Waals surface area contributed by atoms with E-state index in [4.69, 9.17) is 0 Å². The highest BCUT2D eigenvalue weighted by Gasteiger charge is 2.49. The summed E-state index contributed by atoms with van der Waals surface area (Å²) in [5, 5.41) is -0.840. The summed E-state index contributed by atoms with van der Waals surface area (Å²) in [5.74, 6) is -4.27. The molecule has 0 saturated heterocycles. The van der Waals surface area contributed by atoms with E-state index in [1.165, 1.54) is 6.92 Å². The van der Waals surface area contributed by atoms with Gasteiger partial charge in [-0.05, 0) is 47.7 Å². The number of rotatable bonds is 3. The summed E-state index contributed by atoms with van der Waals surface area (Å²) >= 11 is 2.85. The molecule has 1 aliphatic rings. The first-order chi connectivity index (χ1) is 12.4. The Balaban J connectivity index is 2.42. The van der Waals surface area contributed by atoms with Crippen LogP contribution in [0, 0.1) is 18.6 Å². The van der Waals surface area contributed by atoms with E-state index in [0.29, 0.717) is 18.9 Å². The molecule has 3 rings (SSSR count). The van der Waals surface area contributed by atoms with E-state index in [9.17, 15) is 35.2 Å². The van der Waals surface area contributed by atoms with E-state index in [1.807, 2.05) is 0 Å². The molecule has 0 atom stereocenters. The molecular formula is C15H11BrF5NO4S. The number of hydrogen-bond donors (Lipinski definition) is 0. The predicted molar refractivity (Wildman–Crippen MR) is 89.1 cm³/mol. The van der Waals surface area contributed by atoms with E-state index in [0.717, 1.165) is 11.0 Å². The Labute approximate surface area is 158 Å². The SMILES string of the molecule is Cc1c(Br)c(F)c(F)c2c(OS(=O)(=O)C(F)(F)F)cc(=O)n(C3CCC3)c12. The third-order valence-corrected chi connectivity index (χ3v) is 6.34. The van der Waals surface area contributed by atoms with Crippen LogP contribution in [0.3, 0.4) is 0 Å². The van der Waals surface area contributed by atoms with Crippen LogP contribution in [0.5, 0.6) is 5.75 Å². The molecule has 1 fully saturated rings. The Hall–Kier alpha value is -1.69. The van der Waals surface area contributed by atoms with Crippen molar-refractivity contribution in [1.29, 1.82) is 0 Å². The van der Waals surface area contributed by atoms with Crippen LogP contribution in [0.4, 0.5) is 22.0 Å². The van der Waals surface area contributed by atoms with Crippen molar-refractivity contribution in [2.24, 2.45) is 0 Å². The maximum absolute atomic E-state index is 14.6. The minimum Gasteiger partial charge on any atom is -0.375 e. The van der Waals surface area contributed by atoms with E-state index in [1.54, 1.807) is 0 Å². The minimum absolute atomic E-state index is 0.0303. The van der Waals surface area contributed by atoms with Gasteiger partial charge in [0.25, 0.3) is 5.56 Å². The molecule has 0 radical (unpaired) electrons. The summed E-state index contributed by atoms with van der Waals surface area (Å²) in [5.41, 5.74) is -6.87. The second-order valence-corrected chi connectivity index (χ2v) is 8.41. The first-order valence-corrected chi connectivity index (χ1v) is 9.80. The molecular weight excluding hydrogens is 465 g/mol. The number of halogens is 6. The number of fused-ring (bicyclic) bond motifs is 1. The molecule has 27 heavy (non-hydrogen) atoms. The van der Waals surface area contributed by atoms with Crippen molar-refractivity contribution in [3.05, 3.63) is 38.1 Å². The first-order valence-electron chi connectivity index (χ1n) is 7.60. The predicted octanol–water partition coefficient (Wildman–Crippen LogP) is 4.30. The van der Waals surface area contributed by atoms with E-state index in [-0.39, 0.29) is 21.6 Å². The van der Waals surface area contributed by atoms with Crippen LogP contribution in [-0.2, 0) is 10.1 Å². The summed E-state index contributed by atoms with van der Waals surface area (Å²) in [6.45, 7) is 1.32. The molecule has 1 heterocycles. The van der Waals surface area contributed by atoms with Crippen molar-refractivity contribution in [3.8, 4) is 5.75 Å². The summed E-state index contributed by atoms with van der Waals surface area (Å²) in [7, 11) is -6.19. The Kier molecular flexibility index (Phi) is 4.78. The molecule has 1 aromatic heterocycles. The number of pyridine rings is 1. The lowest BCUT2D eigenvalue weighted by Gasteiger charge is -2.30. The fourth-order valence-electron chi connectivity index (χ4n) is 2.89. The first kappa shape index (κ1) is 20.1. The largest absolute Gasteiger partial charge is 0.534 e. The Morgan fingerprint density at radius 1 is 1.22 bits per heavy atom. The molecule has 148 valence electrons. The van der Waals surface area contributed by atoms with Gasteiger partial charge in [-0.25, -0.2) is 8.78 Å². The van der Waals surface area contributed by atoms with Crippen LogP contribution in [0.1, 0.15) is 30.9 Å². The Morgan fingerprint density at radius 2 is 1.81 bits per heavy atom. The lowest BCUT2D eigenvalue weighted by molar-refractivity contribution is -0.0499. The monoisotopic (exact) mass is 475 g/mol. The van der Waals surface area contributed by atoms with Gasteiger partial charge in [0, 0.05) is 12.1 Å². The van der Waals surface area contributed by atoms with Crippen molar-refractivity contribution in [1.82, 2.24) is 4.57 Å². The topological polar surface area (TPSA) is 65.4 Å². The second kappa shape index (κ2) is 6.43. The lowest BCUT2D eigenvalue weighted by Crippen LogP contribution is -2.32. The summed E-state index contributed by atoms with van der Waals surface area (Å²) in [6, 6.07) is 0.0727. The van der Waals surface area contributed by atoms with Crippen LogP contribution in [0.15, 0.2) is 15.3 Å². The number of hydrogen-bond acceptors (Lipinski definition) is 4. The standard InChI is InChI=1S/C15H11BrF5NO4S/c1-6-11(16)13(18)12(17)10-8(26-27(24,25)15(19,20)21)5-9(23)22(14(6)10)7-3-2-4-7/h5,7H,2-4H2,1H3. The van der Waals surface area contributed by atoms with Gasteiger partial charge >= 0.3 is 15.6 Å². The smallest absolute Gasteiger partial charge is 0.375 e. The third kappa shape index (κ3) is 3.12. The molecule has 0 spiro atoms. The highest BCUT2D eigenvalue weighted by Crippen LogP contribution is 2.41. The average Bonchev–Trinajstić information content (AvgIpc) is 2.49. The van der Waals surface area contributed by atoms with Crippen molar-refractivity contribution in [2.75, 3.05) is 0 Å². The number of benzene rings is 1. The highest BCUT2D eigenvalue weighted by atomic mass is 79.9. The summed E-state index contributed by atoms with van der Waals surface area (Å²) < 4.78 is 94.1. The van der Waals surface area contributed by atoms with Crippen molar-refractivity contribution in [2.45, 2.75) is 37.7 Å². The maximum Gasteiger partial charge on any atom is 0.534 e. The van der Waals surface area contributed by atoms with Crippen LogP contribution in [0.25, 0.3) is 10.9 Å². The number of aryl methyl sites for hydroxylation is 1. The van der Waals surface area contributed by atoms with Crippen LogP contribution in [-0.4, -0.2) is 18.5 Å². The second-order valence-electron chi connectivity index (χ2n) is 6.08. The molecule has 1 aromatic carbocycles. The van der Waals surface area contributed by atoms with Gasteiger partial charge in [-0.3, -0.25) is 4.79 Å². The Bertz CT molecular complexity index is 1110. The fraction of sp³-hybridized carbons (Fsp3) is 0.400. The number of nitrogens with zero attached hydrogens (tertiary/aromatic N) is 1. The highest BCUT2D eigenvalue weighted by molar-refractivity contribution is 9.10. The molecule has 2 aromatic rings. The van der Waals surface area contributed by atoms with Gasteiger partial charge in [0.05, 0.1) is 15.4 Å². The fourth-order valence-corrected chi connectivity index (χ4v) is 3.72.